The molecule has 0 bridgehead atoms. The van der Waals surface area contributed by atoms with Gasteiger partial charge in [-0.05, 0) is 65.8 Å². The number of aromatic nitrogens is 6. The van der Waals surface area contributed by atoms with Crippen molar-refractivity contribution >= 4 is 29.9 Å². The maximum atomic E-state index is 12.5. The van der Waals surface area contributed by atoms with Gasteiger partial charge in [-0.15, -0.1) is 5.10 Å². The predicted molar refractivity (Wildman–Crippen MR) is 260 cm³/mol. The molecule has 2 aromatic carbocycles. The zero-order valence-corrected chi connectivity index (χ0v) is 43.5. The molecule has 3 fully saturated rings. The molecule has 23 heteroatoms. The number of ether oxygens (including phenoxy) is 6. The summed E-state index contributed by atoms with van der Waals surface area (Å²) in [5.41, 5.74) is 1.96. The van der Waals surface area contributed by atoms with E-state index in [2.05, 4.69) is 36.5 Å². The number of nitrogens with zero attached hydrogens (tertiary/aromatic N) is 8. The van der Waals surface area contributed by atoms with Gasteiger partial charge in [0.1, 0.15) is 45.6 Å². The van der Waals surface area contributed by atoms with Crippen LogP contribution in [0.1, 0.15) is 84.8 Å². The maximum absolute atomic E-state index is 12.5. The number of alkyl carbamates (subject to hydrolysis) is 2. The number of rotatable bonds is 17. The lowest BCUT2D eigenvalue weighted by Gasteiger charge is -2.45. The molecule has 6 atom stereocenters. The molecular weight excluding hydrogens is 935 g/mol. The highest BCUT2D eigenvalue weighted by Crippen LogP contribution is 2.34. The van der Waals surface area contributed by atoms with Gasteiger partial charge in [0.05, 0.1) is 109 Å². The summed E-state index contributed by atoms with van der Waals surface area (Å²) >= 11 is 0. The minimum Gasteiger partial charge on any atom is -0.497 e. The number of β-lactam (4-membered cyclic amide) rings is 3. The van der Waals surface area contributed by atoms with Crippen molar-refractivity contribution in [3.8, 4) is 23.0 Å². The van der Waals surface area contributed by atoms with Gasteiger partial charge in [-0.1, -0.05) is 26.0 Å². The molecule has 0 unspecified atom stereocenters. The molecule has 4 N–H and O–H groups in total. The third-order valence-electron chi connectivity index (χ3n) is 12.0. The van der Waals surface area contributed by atoms with Crippen LogP contribution in [-0.4, -0.2) is 139 Å². The summed E-state index contributed by atoms with van der Waals surface area (Å²) in [6.07, 6.45) is 2.34. The van der Waals surface area contributed by atoms with Crippen LogP contribution in [0.3, 0.4) is 0 Å². The zero-order valence-electron chi connectivity index (χ0n) is 43.5. The first-order chi connectivity index (χ1) is 34.0. The second kappa shape index (κ2) is 24.3. The topological polar surface area (TPSA) is 265 Å². The number of hydrogen-bond donors (Lipinski definition) is 4. The third-order valence-corrected chi connectivity index (χ3v) is 12.0. The summed E-state index contributed by atoms with van der Waals surface area (Å²) in [4.78, 5) is 63.8. The summed E-state index contributed by atoms with van der Waals surface area (Å²) in [5.74, 6) is 2.73. The maximum Gasteiger partial charge on any atom is 0.407 e. The van der Waals surface area contributed by atoms with Crippen molar-refractivity contribution in [2.45, 2.75) is 131 Å². The van der Waals surface area contributed by atoms with Gasteiger partial charge in [-0.25, -0.2) is 9.59 Å². The lowest BCUT2D eigenvalue weighted by molar-refractivity contribution is -0.159. The SMILES string of the molecule is COc1ccc(CN2C(=O)[C@@H](C)[C@H]2CO)c(OC)c1.COc1ccc(CN2C(=O)[C@@H](C)[C@H]2Cn2ncc(CNC(=O)OC(C)(C)C)n2)c(OC)c1.C[C@@H]1C(=O)N[C@@H]1Cn1cc(CNC(=O)OC(C)(C)C)nn1. The molecule has 3 aliphatic heterocycles. The number of nitrogens with one attached hydrogen (secondary N) is 3. The van der Waals surface area contributed by atoms with Gasteiger partial charge in [0.2, 0.25) is 17.7 Å². The van der Waals surface area contributed by atoms with Gasteiger partial charge in [-0.3, -0.25) is 19.1 Å². The fraction of sp³-hybridized carbons (Fsp3) is 0.571. The van der Waals surface area contributed by atoms with E-state index in [1.807, 2.05) is 45.0 Å². The third kappa shape index (κ3) is 14.9. The minimum absolute atomic E-state index is 0.00228. The van der Waals surface area contributed by atoms with Crippen LogP contribution < -0.4 is 34.9 Å². The molecule has 0 spiro atoms. The summed E-state index contributed by atoms with van der Waals surface area (Å²) in [7, 11) is 6.37. The highest BCUT2D eigenvalue weighted by molar-refractivity contribution is 5.86. The van der Waals surface area contributed by atoms with Crippen molar-refractivity contribution in [1.29, 1.82) is 0 Å². The molecule has 23 nitrogen and oxygen atoms in total. The number of benzene rings is 2. The van der Waals surface area contributed by atoms with Gasteiger partial charge >= 0.3 is 12.2 Å². The van der Waals surface area contributed by atoms with Crippen LogP contribution in [0.5, 0.6) is 23.0 Å². The lowest BCUT2D eigenvalue weighted by Crippen LogP contribution is -2.60. The first-order valence-electron chi connectivity index (χ1n) is 23.6. The van der Waals surface area contributed by atoms with Crippen molar-refractivity contribution < 1.29 is 57.5 Å². The molecule has 0 radical (unpaired) electrons. The van der Waals surface area contributed by atoms with Crippen molar-refractivity contribution in [3.63, 3.8) is 0 Å². The van der Waals surface area contributed by atoms with Gasteiger partial charge in [0, 0.05) is 36.3 Å². The van der Waals surface area contributed by atoms with E-state index in [4.69, 9.17) is 28.4 Å². The number of likely N-dealkylation sites (tertiary alicyclic amines) is 2. The molecule has 5 heterocycles. The van der Waals surface area contributed by atoms with Crippen molar-refractivity contribution in [1.82, 2.24) is 55.7 Å². The van der Waals surface area contributed by atoms with E-state index in [-0.39, 0.29) is 73.3 Å². The van der Waals surface area contributed by atoms with Crippen molar-refractivity contribution in [3.05, 3.63) is 71.3 Å². The largest absolute Gasteiger partial charge is 0.497 e. The van der Waals surface area contributed by atoms with E-state index in [1.54, 1.807) is 114 Å². The molecule has 2 aromatic heterocycles. The molecule has 72 heavy (non-hydrogen) atoms. The van der Waals surface area contributed by atoms with Gasteiger partial charge in [0.15, 0.2) is 0 Å². The first-order valence-corrected chi connectivity index (χ1v) is 23.6. The van der Waals surface area contributed by atoms with Crippen LogP contribution in [0, 0.1) is 17.8 Å². The molecule has 394 valence electrons. The fourth-order valence-electron chi connectivity index (χ4n) is 7.85. The summed E-state index contributed by atoms with van der Waals surface area (Å²) in [5, 5.41) is 34.0. The Labute approximate surface area is 420 Å². The van der Waals surface area contributed by atoms with Crippen molar-refractivity contribution in [2.75, 3.05) is 35.0 Å². The smallest absolute Gasteiger partial charge is 0.407 e. The Kier molecular flexibility index (Phi) is 18.8. The summed E-state index contributed by atoms with van der Waals surface area (Å²) in [6, 6.07) is 11.0. The average Bonchev–Trinajstić information content (AvgIpc) is 4.01. The van der Waals surface area contributed by atoms with E-state index < -0.39 is 23.4 Å². The van der Waals surface area contributed by atoms with E-state index >= 15 is 0 Å². The average molecular weight is 1010 g/mol. The van der Waals surface area contributed by atoms with E-state index in [9.17, 15) is 29.1 Å². The van der Waals surface area contributed by atoms with Gasteiger partial charge < -0.3 is 59.3 Å². The zero-order chi connectivity index (χ0) is 53.1. The van der Waals surface area contributed by atoms with Crippen LogP contribution >= 0.6 is 0 Å². The van der Waals surface area contributed by atoms with Crippen molar-refractivity contribution in [2.24, 2.45) is 17.8 Å². The van der Waals surface area contributed by atoms with Crippen LogP contribution in [0.15, 0.2) is 48.8 Å². The summed E-state index contributed by atoms with van der Waals surface area (Å²) < 4.78 is 33.2. The Morgan fingerprint density at radius 2 is 1.19 bits per heavy atom. The Morgan fingerprint density at radius 1 is 0.694 bits per heavy atom. The van der Waals surface area contributed by atoms with Crippen LogP contribution in [0.2, 0.25) is 0 Å². The number of hydrogen-bond acceptors (Lipinski definition) is 16. The first kappa shape index (κ1) is 55.8. The van der Waals surface area contributed by atoms with E-state index in [1.165, 1.54) is 0 Å². The minimum atomic E-state index is -0.565. The number of aliphatic hydroxyl groups excluding tert-OH is 1. The predicted octanol–water partition coefficient (Wildman–Crippen LogP) is 3.85. The number of amides is 5. The second-order valence-electron chi connectivity index (χ2n) is 19.6. The molecule has 5 amide bonds. The quantitative estimate of drug-likeness (QED) is 0.110. The number of aliphatic hydroxyl groups is 1. The highest BCUT2D eigenvalue weighted by Gasteiger charge is 2.45. The van der Waals surface area contributed by atoms with Crippen LogP contribution in [0.25, 0.3) is 0 Å². The van der Waals surface area contributed by atoms with Gasteiger partial charge in [-0.2, -0.15) is 15.0 Å². The molecular formula is C49H71N11O12. The molecule has 3 saturated heterocycles. The highest BCUT2D eigenvalue weighted by atomic mass is 16.6. The Morgan fingerprint density at radius 3 is 1.65 bits per heavy atom. The number of carbonyl (C=O) groups excluding carboxylic acids is 5. The van der Waals surface area contributed by atoms with Crippen LogP contribution in [-0.2, 0) is 63.1 Å². The van der Waals surface area contributed by atoms with E-state index in [0.29, 0.717) is 60.6 Å². The Balaban J connectivity index is 0.000000210. The van der Waals surface area contributed by atoms with Gasteiger partial charge in [0.25, 0.3) is 0 Å². The molecule has 7 rings (SSSR count). The van der Waals surface area contributed by atoms with Crippen LogP contribution in [0.4, 0.5) is 9.59 Å². The normalized spacial score (nSPS) is 20.2. The standard InChI is InChI=1S/C22H31N5O5.C14H19NO4.C13H21N5O3/c1-14-18(13-27-24-11-16(25-27)10-23-21(29)32-22(2,3)4)26(20(14)28)12-15-7-8-17(30-5)9-19(15)31-6;1-9-12(8-16)15(14(9)17)7-10-4-5-11(18-2)6-13(10)19-3;1-8-10(15-11(8)19)7-18-6-9(16-17-18)5-14-12(20)21-13(2,3)4/h7-9,11,14,18H,10,12-13H2,1-6H3,(H,23,29);4-6,9,12,16H,7-8H2,1-3H3;6,8,10H,5,7H2,1-4H3,(H,14,20)(H,15,19)/t14-,18+;9-,12+;8-,10+/m000/s1. The molecule has 4 aromatic rings. The summed E-state index contributed by atoms with van der Waals surface area (Å²) in [6.45, 7) is 18.8. The second-order valence-corrected chi connectivity index (χ2v) is 19.6. The monoisotopic (exact) mass is 1010 g/mol. The lowest BCUT2D eigenvalue weighted by atomic mass is 9.88. The fourth-order valence-corrected chi connectivity index (χ4v) is 7.85. The Hall–Kier alpha value is -7.17. The number of methoxy groups -OCH3 is 4. The molecule has 3 aliphatic rings. The molecule has 0 aliphatic carbocycles. The van der Waals surface area contributed by atoms with E-state index in [0.717, 1.165) is 11.1 Å². The molecule has 0 saturated carbocycles. The Bertz CT molecular complexity index is 2500. The number of carbonyl (C=O) groups is 5.